The molecule has 2 aromatic carbocycles. The van der Waals surface area contributed by atoms with Crippen LogP contribution in [0.25, 0.3) is 5.69 Å². The fourth-order valence-electron chi connectivity index (χ4n) is 2.80. The zero-order valence-electron chi connectivity index (χ0n) is 16.8. The Morgan fingerprint density at radius 1 is 1.07 bits per heavy atom. The molecule has 0 bridgehead atoms. The molecule has 0 unspecified atom stereocenters. The Labute approximate surface area is 188 Å². The summed E-state index contributed by atoms with van der Waals surface area (Å²) in [6.07, 6.45) is 3.69. The van der Waals surface area contributed by atoms with Crippen molar-refractivity contribution in [2.24, 2.45) is 4.99 Å². The van der Waals surface area contributed by atoms with Crippen molar-refractivity contribution < 1.29 is 9.47 Å². The molecule has 0 aliphatic heterocycles. The van der Waals surface area contributed by atoms with Crippen LogP contribution in [0.2, 0.25) is 0 Å². The molecule has 154 valence electrons. The molecule has 0 saturated heterocycles. The van der Waals surface area contributed by atoms with Gasteiger partial charge in [0.25, 0.3) is 0 Å². The van der Waals surface area contributed by atoms with E-state index in [9.17, 15) is 0 Å². The third kappa shape index (κ3) is 5.86. The van der Waals surface area contributed by atoms with E-state index in [0.717, 1.165) is 23.5 Å². The molecule has 29 heavy (non-hydrogen) atoms. The van der Waals surface area contributed by atoms with Crippen LogP contribution in [-0.2, 0) is 6.54 Å². The van der Waals surface area contributed by atoms with Gasteiger partial charge in [0.2, 0.25) is 0 Å². The van der Waals surface area contributed by atoms with Crippen LogP contribution in [0.5, 0.6) is 11.5 Å². The highest BCUT2D eigenvalue weighted by Gasteiger charge is 2.08. The molecular formula is C21H26IN5O2. The van der Waals surface area contributed by atoms with Gasteiger partial charge in [-0.3, -0.25) is 0 Å². The Bertz CT molecular complexity index is 929. The van der Waals surface area contributed by atoms with E-state index < -0.39 is 0 Å². The first kappa shape index (κ1) is 22.5. The number of halogens is 1. The average Bonchev–Trinajstić information content (AvgIpc) is 3.27. The van der Waals surface area contributed by atoms with Crippen molar-refractivity contribution in [3.8, 4) is 17.2 Å². The minimum atomic E-state index is 0. The Morgan fingerprint density at radius 3 is 2.55 bits per heavy atom. The van der Waals surface area contributed by atoms with Gasteiger partial charge in [-0.2, -0.15) is 5.10 Å². The normalized spacial score (nSPS) is 10.8. The second-order valence-electron chi connectivity index (χ2n) is 5.97. The molecule has 8 heteroatoms. The molecule has 0 saturated carbocycles. The van der Waals surface area contributed by atoms with Crippen LogP contribution in [-0.4, -0.2) is 36.5 Å². The van der Waals surface area contributed by atoms with Gasteiger partial charge in [0, 0.05) is 30.7 Å². The molecule has 3 rings (SSSR count). The van der Waals surface area contributed by atoms with E-state index in [4.69, 9.17) is 14.5 Å². The Balaban J connectivity index is 0.00000300. The Hall–Kier alpha value is -2.75. The summed E-state index contributed by atoms with van der Waals surface area (Å²) in [5, 5.41) is 10.9. The number of hydrogen-bond acceptors (Lipinski definition) is 4. The largest absolute Gasteiger partial charge is 0.493 e. The van der Waals surface area contributed by atoms with E-state index in [2.05, 4.69) is 21.8 Å². The fraction of sp³-hybridized carbons (Fsp3) is 0.238. The zero-order chi connectivity index (χ0) is 19.8. The average molecular weight is 507 g/mol. The summed E-state index contributed by atoms with van der Waals surface area (Å²) in [5.41, 5.74) is 2.95. The molecule has 3 aromatic rings. The molecule has 0 atom stereocenters. The van der Waals surface area contributed by atoms with Gasteiger partial charge in [-0.15, -0.1) is 24.0 Å². The lowest BCUT2D eigenvalue weighted by Gasteiger charge is -2.14. The minimum Gasteiger partial charge on any atom is -0.493 e. The number of aromatic nitrogens is 2. The van der Waals surface area contributed by atoms with Gasteiger partial charge in [0.05, 0.1) is 26.5 Å². The molecule has 7 nitrogen and oxygen atoms in total. The number of ether oxygens (including phenoxy) is 2. The lowest BCUT2D eigenvalue weighted by atomic mass is 10.2. The van der Waals surface area contributed by atoms with Crippen LogP contribution in [0.1, 0.15) is 12.5 Å². The lowest BCUT2D eigenvalue weighted by Crippen LogP contribution is -2.30. The molecule has 0 fully saturated rings. The van der Waals surface area contributed by atoms with Crippen molar-refractivity contribution >= 4 is 35.6 Å². The summed E-state index contributed by atoms with van der Waals surface area (Å²) in [5.74, 6) is 2.03. The first-order valence-corrected chi connectivity index (χ1v) is 9.10. The number of methoxy groups -OCH3 is 2. The van der Waals surface area contributed by atoms with Crippen LogP contribution in [0, 0.1) is 0 Å². The van der Waals surface area contributed by atoms with Crippen LogP contribution >= 0.6 is 24.0 Å². The summed E-state index contributed by atoms with van der Waals surface area (Å²) in [6.45, 7) is 3.29. The van der Waals surface area contributed by atoms with Crippen molar-refractivity contribution in [3.63, 3.8) is 0 Å². The second kappa shape index (κ2) is 11.3. The molecule has 0 aliphatic rings. The Morgan fingerprint density at radius 2 is 1.86 bits per heavy atom. The molecule has 1 heterocycles. The van der Waals surface area contributed by atoms with Crippen LogP contribution in [0.4, 0.5) is 5.69 Å². The van der Waals surface area contributed by atoms with Crippen molar-refractivity contribution in [2.45, 2.75) is 13.5 Å². The molecule has 1 aromatic heterocycles. The van der Waals surface area contributed by atoms with Gasteiger partial charge in [0.1, 0.15) is 0 Å². The van der Waals surface area contributed by atoms with E-state index in [1.807, 2.05) is 60.3 Å². The van der Waals surface area contributed by atoms with Gasteiger partial charge < -0.3 is 20.1 Å². The molecule has 0 spiro atoms. The number of guanidine groups is 1. The van der Waals surface area contributed by atoms with Gasteiger partial charge >= 0.3 is 0 Å². The van der Waals surface area contributed by atoms with Crippen molar-refractivity contribution in [2.75, 3.05) is 26.1 Å². The quantitative estimate of drug-likeness (QED) is 0.287. The topological polar surface area (TPSA) is 72.7 Å². The van der Waals surface area contributed by atoms with Crippen LogP contribution < -0.4 is 20.1 Å². The first-order valence-electron chi connectivity index (χ1n) is 9.10. The van der Waals surface area contributed by atoms with E-state index in [0.29, 0.717) is 24.0 Å². The molecular weight excluding hydrogens is 481 g/mol. The number of para-hydroxylation sites is 1. The number of nitrogens with one attached hydrogen (secondary N) is 2. The van der Waals surface area contributed by atoms with E-state index in [1.165, 1.54) is 0 Å². The van der Waals surface area contributed by atoms with Gasteiger partial charge in [0.15, 0.2) is 17.5 Å². The van der Waals surface area contributed by atoms with E-state index in [-0.39, 0.29) is 24.0 Å². The Kier molecular flexibility index (Phi) is 8.78. The molecule has 2 N–H and O–H groups in total. The summed E-state index contributed by atoms with van der Waals surface area (Å²) in [4.78, 5) is 4.73. The number of nitrogens with zero attached hydrogens (tertiary/aromatic N) is 3. The molecule has 0 aliphatic carbocycles. The maximum atomic E-state index is 5.37. The fourth-order valence-corrected chi connectivity index (χ4v) is 2.80. The highest BCUT2D eigenvalue weighted by atomic mass is 127. The standard InChI is InChI=1S/C21H25N5O2.HI/c1-4-22-21(25-17-10-11-19(27-2)20(14-17)28-3)23-15-16-8-5-6-9-18(16)26-13-7-12-24-26;/h5-14H,4,15H2,1-3H3,(H2,22,23,25);1H. The lowest BCUT2D eigenvalue weighted by molar-refractivity contribution is 0.355. The molecule has 0 amide bonds. The van der Waals surface area contributed by atoms with Crippen LogP contribution in [0.15, 0.2) is 65.9 Å². The number of benzene rings is 2. The first-order chi connectivity index (χ1) is 13.7. The monoisotopic (exact) mass is 507 g/mol. The minimum absolute atomic E-state index is 0. The zero-order valence-corrected chi connectivity index (χ0v) is 19.1. The van der Waals surface area contributed by atoms with Crippen molar-refractivity contribution in [1.29, 1.82) is 0 Å². The van der Waals surface area contributed by atoms with Crippen molar-refractivity contribution in [1.82, 2.24) is 15.1 Å². The molecule has 0 radical (unpaired) electrons. The van der Waals surface area contributed by atoms with Crippen molar-refractivity contribution in [3.05, 3.63) is 66.5 Å². The summed E-state index contributed by atoms with van der Waals surface area (Å²) >= 11 is 0. The maximum Gasteiger partial charge on any atom is 0.196 e. The number of rotatable bonds is 7. The van der Waals surface area contributed by atoms with Gasteiger partial charge in [-0.05, 0) is 36.8 Å². The third-order valence-corrected chi connectivity index (χ3v) is 4.14. The highest BCUT2D eigenvalue weighted by Crippen LogP contribution is 2.29. The summed E-state index contributed by atoms with van der Waals surface area (Å²) in [6, 6.07) is 15.7. The number of aliphatic imine (C=N–C) groups is 1. The van der Waals surface area contributed by atoms with Gasteiger partial charge in [-0.25, -0.2) is 9.67 Å². The second-order valence-corrected chi connectivity index (χ2v) is 5.97. The SMILES string of the molecule is CCNC(=NCc1ccccc1-n1cccn1)Nc1ccc(OC)c(OC)c1.I. The predicted octanol–water partition coefficient (Wildman–Crippen LogP) is 4.09. The van der Waals surface area contributed by atoms with Crippen LogP contribution in [0.3, 0.4) is 0 Å². The smallest absolute Gasteiger partial charge is 0.196 e. The predicted molar refractivity (Wildman–Crippen MR) is 127 cm³/mol. The highest BCUT2D eigenvalue weighted by molar-refractivity contribution is 14.0. The maximum absolute atomic E-state index is 5.37. The number of hydrogen-bond donors (Lipinski definition) is 2. The van der Waals surface area contributed by atoms with Gasteiger partial charge in [-0.1, -0.05) is 18.2 Å². The number of anilines is 1. The third-order valence-electron chi connectivity index (χ3n) is 4.14. The van der Waals surface area contributed by atoms with E-state index >= 15 is 0 Å². The summed E-state index contributed by atoms with van der Waals surface area (Å²) in [7, 11) is 3.24. The van der Waals surface area contributed by atoms with E-state index in [1.54, 1.807) is 20.4 Å². The summed E-state index contributed by atoms with van der Waals surface area (Å²) < 4.78 is 12.5.